The topological polar surface area (TPSA) is 124 Å². The van der Waals surface area contributed by atoms with Crippen LogP contribution in [0.25, 0.3) is 0 Å². The summed E-state index contributed by atoms with van der Waals surface area (Å²) in [6, 6.07) is 31.4. The van der Waals surface area contributed by atoms with E-state index in [1.165, 1.54) is 67.4 Å². The summed E-state index contributed by atoms with van der Waals surface area (Å²) < 4.78 is 33.4. The van der Waals surface area contributed by atoms with Crippen molar-refractivity contribution in [2.45, 2.75) is 65.2 Å². The van der Waals surface area contributed by atoms with E-state index in [1.54, 1.807) is 66.7 Å². The average Bonchev–Trinajstić information content (AvgIpc) is 3.22. The summed E-state index contributed by atoms with van der Waals surface area (Å²) in [5, 5.41) is 0. The third-order valence-corrected chi connectivity index (χ3v) is 8.54. The molecule has 0 aromatic heterocycles. The highest BCUT2D eigenvalue weighted by Gasteiger charge is 2.16. The fourth-order valence-corrected chi connectivity index (χ4v) is 5.40. The Balaban J connectivity index is 1.07. The zero-order valence-corrected chi connectivity index (χ0v) is 31.7. The molecular weight excluding hydrogens is 712 g/mol. The molecule has 10 nitrogen and oxygen atoms in total. The highest BCUT2D eigenvalue weighted by molar-refractivity contribution is 5.96. The van der Waals surface area contributed by atoms with Gasteiger partial charge >= 0.3 is 23.9 Å². The van der Waals surface area contributed by atoms with Crippen LogP contribution in [0.4, 0.5) is 0 Å². The molecule has 10 heteroatoms. The predicted octanol–water partition coefficient (Wildman–Crippen LogP) is 10.5. The van der Waals surface area contributed by atoms with Crippen molar-refractivity contribution >= 4 is 23.9 Å². The Morgan fingerprint density at radius 1 is 0.357 bits per heavy atom. The second-order valence-electron chi connectivity index (χ2n) is 12.9. The third-order valence-electron chi connectivity index (χ3n) is 8.54. The van der Waals surface area contributed by atoms with Crippen LogP contribution in [0.5, 0.6) is 34.5 Å². The van der Waals surface area contributed by atoms with Gasteiger partial charge in [0.25, 0.3) is 0 Å². The van der Waals surface area contributed by atoms with Gasteiger partial charge in [0.1, 0.15) is 34.5 Å². The SMILES string of the molecule is CCCCCCOc1ccc(OC(=O)c2ccc(C(=O)Oc3cccc(OC(=O)c4ccc(C(=O)Oc5ccc(OCCCCCC)cc5)cc4)c3)cc2)cc1. The minimum absolute atomic E-state index is 0.141. The van der Waals surface area contributed by atoms with Gasteiger partial charge in [-0.1, -0.05) is 58.4 Å². The number of hydrogen-bond acceptors (Lipinski definition) is 10. The maximum Gasteiger partial charge on any atom is 0.343 e. The van der Waals surface area contributed by atoms with E-state index in [2.05, 4.69) is 13.8 Å². The number of hydrogen-bond donors (Lipinski definition) is 0. The van der Waals surface area contributed by atoms with Gasteiger partial charge < -0.3 is 28.4 Å². The van der Waals surface area contributed by atoms with Crippen LogP contribution in [0, 0.1) is 0 Å². The van der Waals surface area contributed by atoms with Crippen molar-refractivity contribution in [1.82, 2.24) is 0 Å². The van der Waals surface area contributed by atoms with Crippen molar-refractivity contribution in [1.29, 1.82) is 0 Å². The van der Waals surface area contributed by atoms with Gasteiger partial charge in [0, 0.05) is 6.07 Å². The lowest BCUT2D eigenvalue weighted by molar-refractivity contribution is 0.0714. The highest BCUT2D eigenvalue weighted by atomic mass is 16.6. The first-order valence-electron chi connectivity index (χ1n) is 19.0. The minimum Gasteiger partial charge on any atom is -0.494 e. The molecule has 0 fully saturated rings. The maximum absolute atomic E-state index is 12.9. The fraction of sp³-hybridized carbons (Fsp3) is 0.261. The number of ether oxygens (including phenoxy) is 6. The Kier molecular flexibility index (Phi) is 15.6. The Hall–Kier alpha value is -6.42. The second kappa shape index (κ2) is 21.5. The van der Waals surface area contributed by atoms with Crippen LogP contribution >= 0.6 is 0 Å². The van der Waals surface area contributed by atoms with Gasteiger partial charge in [0.05, 0.1) is 35.5 Å². The lowest BCUT2D eigenvalue weighted by Crippen LogP contribution is -2.12. The number of benzene rings is 5. The summed E-state index contributed by atoms with van der Waals surface area (Å²) in [5.74, 6) is -0.0931. The first kappa shape index (κ1) is 40.8. The zero-order valence-electron chi connectivity index (χ0n) is 31.7. The van der Waals surface area contributed by atoms with Gasteiger partial charge in [-0.2, -0.15) is 0 Å². The number of unbranched alkanes of at least 4 members (excludes halogenated alkanes) is 6. The van der Waals surface area contributed by atoms with Crippen LogP contribution in [-0.2, 0) is 0 Å². The molecule has 56 heavy (non-hydrogen) atoms. The van der Waals surface area contributed by atoms with E-state index >= 15 is 0 Å². The normalized spacial score (nSPS) is 10.6. The average molecular weight is 759 g/mol. The van der Waals surface area contributed by atoms with Crippen molar-refractivity contribution in [2.24, 2.45) is 0 Å². The van der Waals surface area contributed by atoms with E-state index in [4.69, 9.17) is 28.4 Å². The number of carbonyl (C=O) groups is 4. The van der Waals surface area contributed by atoms with Crippen molar-refractivity contribution in [2.75, 3.05) is 13.2 Å². The van der Waals surface area contributed by atoms with Crippen LogP contribution < -0.4 is 28.4 Å². The Morgan fingerprint density at radius 3 is 0.982 bits per heavy atom. The minimum atomic E-state index is -0.678. The molecule has 0 aliphatic heterocycles. The first-order chi connectivity index (χ1) is 27.3. The summed E-state index contributed by atoms with van der Waals surface area (Å²) >= 11 is 0. The van der Waals surface area contributed by atoms with E-state index in [0.717, 1.165) is 38.5 Å². The van der Waals surface area contributed by atoms with Gasteiger partial charge in [-0.15, -0.1) is 0 Å². The molecule has 0 radical (unpaired) electrons. The molecule has 0 saturated carbocycles. The maximum atomic E-state index is 12.9. The van der Waals surface area contributed by atoms with E-state index in [9.17, 15) is 19.2 Å². The summed E-state index contributed by atoms with van der Waals surface area (Å²) in [7, 11) is 0. The summed E-state index contributed by atoms with van der Waals surface area (Å²) in [6.07, 6.45) is 8.92. The summed E-state index contributed by atoms with van der Waals surface area (Å²) in [5.41, 5.74) is 0.894. The van der Waals surface area contributed by atoms with E-state index in [1.807, 2.05) is 0 Å². The molecule has 290 valence electrons. The lowest BCUT2D eigenvalue weighted by atomic mass is 10.1. The molecule has 5 aromatic rings. The molecule has 0 spiro atoms. The summed E-state index contributed by atoms with van der Waals surface area (Å²) in [6.45, 7) is 5.60. The third kappa shape index (κ3) is 12.9. The van der Waals surface area contributed by atoms with Crippen LogP contribution in [0.1, 0.15) is 107 Å². The molecule has 0 N–H and O–H groups in total. The van der Waals surface area contributed by atoms with E-state index < -0.39 is 23.9 Å². The molecule has 0 saturated heterocycles. The Labute approximate surface area is 327 Å². The van der Waals surface area contributed by atoms with Gasteiger partial charge in [-0.05, 0) is 122 Å². The Morgan fingerprint density at radius 2 is 0.661 bits per heavy atom. The lowest BCUT2D eigenvalue weighted by Gasteiger charge is -2.09. The van der Waals surface area contributed by atoms with Crippen molar-refractivity contribution in [3.8, 4) is 34.5 Å². The van der Waals surface area contributed by atoms with Gasteiger partial charge in [-0.3, -0.25) is 0 Å². The molecule has 0 atom stereocenters. The van der Waals surface area contributed by atoms with Gasteiger partial charge in [-0.25, -0.2) is 19.2 Å². The Bertz CT molecular complexity index is 1880. The molecule has 0 unspecified atom stereocenters. The van der Waals surface area contributed by atoms with Crippen LogP contribution in [0.15, 0.2) is 121 Å². The first-order valence-corrected chi connectivity index (χ1v) is 19.0. The van der Waals surface area contributed by atoms with Crippen molar-refractivity contribution in [3.05, 3.63) is 144 Å². The fourth-order valence-electron chi connectivity index (χ4n) is 5.40. The highest BCUT2D eigenvalue weighted by Crippen LogP contribution is 2.24. The molecule has 5 aromatic carbocycles. The number of rotatable bonds is 20. The second-order valence-corrected chi connectivity index (χ2v) is 12.9. The van der Waals surface area contributed by atoms with Crippen LogP contribution in [0.3, 0.4) is 0 Å². The van der Waals surface area contributed by atoms with Crippen LogP contribution in [0.2, 0.25) is 0 Å². The number of esters is 4. The molecule has 0 amide bonds. The quantitative estimate of drug-likeness (QED) is 0.0430. The smallest absolute Gasteiger partial charge is 0.343 e. The molecule has 0 aliphatic rings. The van der Waals surface area contributed by atoms with Gasteiger partial charge in [0.15, 0.2) is 0 Å². The molecular formula is C46H46O10. The van der Waals surface area contributed by atoms with E-state index in [-0.39, 0.29) is 33.8 Å². The largest absolute Gasteiger partial charge is 0.494 e. The molecule has 0 heterocycles. The molecule has 5 rings (SSSR count). The molecule has 0 aliphatic carbocycles. The predicted molar refractivity (Wildman–Crippen MR) is 211 cm³/mol. The van der Waals surface area contributed by atoms with Crippen molar-refractivity contribution in [3.63, 3.8) is 0 Å². The van der Waals surface area contributed by atoms with Gasteiger partial charge in [0.2, 0.25) is 0 Å². The monoisotopic (exact) mass is 758 g/mol. The van der Waals surface area contributed by atoms with E-state index in [0.29, 0.717) is 36.2 Å². The van der Waals surface area contributed by atoms with Crippen molar-refractivity contribution < 1.29 is 47.6 Å². The zero-order chi connectivity index (χ0) is 39.5. The standard InChI is InChI=1S/C46H46O10/c1-3-5-7-9-30-51-37-22-26-39(27-23-37)53-43(47)33-14-18-35(19-15-33)45(49)55-41-12-11-13-42(32-41)56-46(50)36-20-16-34(17-21-36)44(48)54-40-28-24-38(25-29-40)52-31-10-8-6-4-2/h11-29,32H,3-10,30-31H2,1-2H3. The molecule has 0 bridgehead atoms. The summed E-state index contributed by atoms with van der Waals surface area (Å²) in [4.78, 5) is 51.2. The van der Waals surface area contributed by atoms with Crippen LogP contribution in [-0.4, -0.2) is 37.1 Å². The number of carbonyl (C=O) groups excluding carboxylic acids is 4.